The van der Waals surface area contributed by atoms with Gasteiger partial charge in [-0.1, -0.05) is 6.08 Å². The van der Waals surface area contributed by atoms with Crippen LogP contribution in [0.4, 0.5) is 9.59 Å². The number of rotatable bonds is 4. The second kappa shape index (κ2) is 7.72. The van der Waals surface area contributed by atoms with Crippen molar-refractivity contribution >= 4 is 30.6 Å². The summed E-state index contributed by atoms with van der Waals surface area (Å²) in [5.41, 5.74) is -0.616. The van der Waals surface area contributed by atoms with Crippen LogP contribution in [0.25, 0.3) is 0 Å². The first-order valence-electron chi connectivity index (χ1n) is 4.81. The summed E-state index contributed by atoms with van der Waals surface area (Å²) in [6, 6.07) is 0. The van der Waals surface area contributed by atoms with E-state index in [1.54, 1.807) is 26.8 Å². The highest BCUT2D eigenvalue weighted by molar-refractivity contribution is 7.95. The molecule has 0 saturated heterocycles. The quantitative estimate of drug-likeness (QED) is 0.276. The van der Waals surface area contributed by atoms with Crippen molar-refractivity contribution < 1.29 is 18.5 Å². The minimum Gasteiger partial charge on any atom is -0.442 e. The van der Waals surface area contributed by atoms with E-state index < -0.39 is 17.8 Å². The molecule has 0 bridgehead atoms. The van der Waals surface area contributed by atoms with E-state index in [1.807, 2.05) is 0 Å². The Balaban J connectivity index is 3.82. The second-order valence-corrected chi connectivity index (χ2v) is 4.56. The van der Waals surface area contributed by atoms with Crippen LogP contribution in [0, 0.1) is 0 Å². The molecule has 0 aliphatic heterocycles. The molecule has 0 saturated carbocycles. The van der Waals surface area contributed by atoms with Gasteiger partial charge in [-0.3, -0.25) is 5.32 Å². The van der Waals surface area contributed by atoms with Crippen LogP contribution in [0.3, 0.4) is 0 Å². The van der Waals surface area contributed by atoms with Gasteiger partial charge in [0, 0.05) is 5.75 Å². The van der Waals surface area contributed by atoms with Gasteiger partial charge in [0.05, 0.1) is 12.0 Å². The Labute approximate surface area is 105 Å². The molecule has 7 heteroatoms. The predicted octanol–water partition coefficient (Wildman–Crippen LogP) is 2.51. The predicted molar refractivity (Wildman–Crippen MR) is 67.0 cm³/mol. The number of ether oxygens (including phenoxy) is 1. The average molecular weight is 260 g/mol. The number of hydrogen-bond acceptors (Lipinski definition) is 5. The SMILES string of the molecule is C=CCSOC(=O)N/C=N/C(=O)OC(C)(C)C. The van der Waals surface area contributed by atoms with E-state index in [-0.39, 0.29) is 0 Å². The van der Waals surface area contributed by atoms with E-state index in [0.717, 1.165) is 18.4 Å². The van der Waals surface area contributed by atoms with Gasteiger partial charge in [-0.25, -0.2) is 9.59 Å². The van der Waals surface area contributed by atoms with Gasteiger partial charge in [0.15, 0.2) is 0 Å². The summed E-state index contributed by atoms with van der Waals surface area (Å²) in [4.78, 5) is 25.4. The summed E-state index contributed by atoms with van der Waals surface area (Å²) in [5, 5.41) is 2.15. The lowest BCUT2D eigenvalue weighted by molar-refractivity contribution is 0.0605. The molecule has 96 valence electrons. The lowest BCUT2D eigenvalue weighted by Gasteiger charge is -2.16. The number of nitrogens with one attached hydrogen (secondary N) is 1. The zero-order valence-electron chi connectivity index (χ0n) is 10.1. The Kier molecular flexibility index (Phi) is 7.04. The summed E-state index contributed by atoms with van der Waals surface area (Å²) in [7, 11) is 0. The molecule has 0 heterocycles. The Bertz CT molecular complexity index is 310. The minimum absolute atomic E-state index is 0.483. The van der Waals surface area contributed by atoms with E-state index in [0.29, 0.717) is 5.75 Å². The van der Waals surface area contributed by atoms with Gasteiger partial charge in [0.1, 0.15) is 11.9 Å². The molecule has 17 heavy (non-hydrogen) atoms. The summed E-state index contributed by atoms with van der Waals surface area (Å²) >= 11 is 0.922. The number of amides is 2. The van der Waals surface area contributed by atoms with E-state index in [2.05, 4.69) is 21.1 Å². The highest BCUT2D eigenvalue weighted by Gasteiger charge is 2.14. The van der Waals surface area contributed by atoms with Crippen molar-refractivity contribution in [3.05, 3.63) is 12.7 Å². The molecule has 6 nitrogen and oxygen atoms in total. The maximum atomic E-state index is 11.1. The van der Waals surface area contributed by atoms with Crippen LogP contribution in [0.15, 0.2) is 17.6 Å². The van der Waals surface area contributed by atoms with Crippen molar-refractivity contribution in [2.75, 3.05) is 5.75 Å². The van der Waals surface area contributed by atoms with Crippen LogP contribution in [0.1, 0.15) is 20.8 Å². The van der Waals surface area contributed by atoms with Gasteiger partial charge in [0.2, 0.25) is 0 Å². The molecule has 0 rings (SSSR count). The minimum atomic E-state index is -0.781. The normalized spacial score (nSPS) is 11.0. The lowest BCUT2D eigenvalue weighted by atomic mass is 10.2. The first kappa shape index (κ1) is 15.5. The van der Waals surface area contributed by atoms with Gasteiger partial charge in [-0.2, -0.15) is 4.99 Å². The maximum Gasteiger partial charge on any atom is 0.435 e. The molecule has 0 aromatic rings. The van der Waals surface area contributed by atoms with Gasteiger partial charge < -0.3 is 8.92 Å². The summed E-state index contributed by atoms with van der Waals surface area (Å²) in [5.74, 6) is 0.483. The zero-order chi connectivity index (χ0) is 13.3. The molecule has 0 spiro atoms. The second-order valence-electron chi connectivity index (χ2n) is 3.83. The van der Waals surface area contributed by atoms with Crippen LogP contribution in [0.5, 0.6) is 0 Å². The van der Waals surface area contributed by atoms with Crippen molar-refractivity contribution in [3.63, 3.8) is 0 Å². The smallest absolute Gasteiger partial charge is 0.435 e. The van der Waals surface area contributed by atoms with Crippen molar-refractivity contribution in [1.82, 2.24) is 5.32 Å². The first-order valence-corrected chi connectivity index (χ1v) is 5.72. The topological polar surface area (TPSA) is 77.0 Å². The summed E-state index contributed by atoms with van der Waals surface area (Å²) in [6.45, 7) is 8.61. The molecule has 0 radical (unpaired) electrons. The van der Waals surface area contributed by atoms with Gasteiger partial charge in [-0.15, -0.1) is 6.58 Å². The third-order valence-electron chi connectivity index (χ3n) is 1.07. The van der Waals surface area contributed by atoms with Crippen molar-refractivity contribution in [3.8, 4) is 0 Å². The van der Waals surface area contributed by atoms with E-state index >= 15 is 0 Å². The van der Waals surface area contributed by atoms with Crippen molar-refractivity contribution in [1.29, 1.82) is 0 Å². The molecule has 0 atom stereocenters. The van der Waals surface area contributed by atoms with Crippen LogP contribution in [-0.4, -0.2) is 29.9 Å². The van der Waals surface area contributed by atoms with Gasteiger partial charge >= 0.3 is 12.2 Å². The Morgan fingerprint density at radius 2 is 2.12 bits per heavy atom. The number of nitrogens with zero attached hydrogens (tertiary/aromatic N) is 1. The molecule has 0 aromatic heterocycles. The molecular weight excluding hydrogens is 244 g/mol. The molecular formula is C10H16N2O4S. The molecule has 0 aliphatic rings. The van der Waals surface area contributed by atoms with Crippen LogP contribution >= 0.6 is 12.0 Å². The monoisotopic (exact) mass is 260 g/mol. The fourth-order valence-corrected chi connectivity index (χ4v) is 0.905. The fourth-order valence-electron chi connectivity index (χ4n) is 0.586. The van der Waals surface area contributed by atoms with Crippen molar-refractivity contribution in [2.24, 2.45) is 4.99 Å². The summed E-state index contributed by atoms with van der Waals surface area (Å²) < 4.78 is 9.49. The van der Waals surface area contributed by atoms with Crippen LogP contribution in [0.2, 0.25) is 0 Å². The van der Waals surface area contributed by atoms with E-state index in [4.69, 9.17) is 4.74 Å². The van der Waals surface area contributed by atoms with Crippen LogP contribution in [-0.2, 0) is 8.92 Å². The fraction of sp³-hybridized carbons (Fsp3) is 0.500. The van der Waals surface area contributed by atoms with Crippen molar-refractivity contribution in [2.45, 2.75) is 26.4 Å². The third kappa shape index (κ3) is 10.8. The number of carbonyl (C=O) groups is 2. The standard InChI is InChI=1S/C10H16N2O4S/c1-5-6-17-16-9(14)12-7-11-8(13)15-10(2,3)4/h5,7H,1,6H2,2-4H3,(H,11,12,13,14). The largest absolute Gasteiger partial charge is 0.442 e. The lowest BCUT2D eigenvalue weighted by Crippen LogP contribution is -2.24. The molecule has 2 amide bonds. The average Bonchev–Trinajstić information content (AvgIpc) is 2.15. The molecule has 0 aromatic carbocycles. The molecule has 0 unspecified atom stereocenters. The third-order valence-corrected chi connectivity index (χ3v) is 1.71. The number of hydrogen-bond donors (Lipinski definition) is 1. The van der Waals surface area contributed by atoms with E-state index in [1.165, 1.54) is 0 Å². The zero-order valence-corrected chi connectivity index (χ0v) is 10.9. The first-order chi connectivity index (χ1) is 7.85. The Morgan fingerprint density at radius 1 is 1.47 bits per heavy atom. The Hall–Kier alpha value is -1.50. The number of carbonyl (C=O) groups excluding carboxylic acids is 2. The highest BCUT2D eigenvalue weighted by Crippen LogP contribution is 2.07. The Morgan fingerprint density at radius 3 is 2.65 bits per heavy atom. The summed E-state index contributed by atoms with van der Waals surface area (Å²) in [6.07, 6.45) is 1.01. The van der Waals surface area contributed by atoms with Gasteiger partial charge in [-0.05, 0) is 20.8 Å². The van der Waals surface area contributed by atoms with E-state index in [9.17, 15) is 9.59 Å². The molecule has 0 aliphatic carbocycles. The molecule has 0 fully saturated rings. The maximum absolute atomic E-state index is 11.1. The number of aliphatic imine (C=N–C) groups is 1. The van der Waals surface area contributed by atoms with Gasteiger partial charge in [0.25, 0.3) is 0 Å². The molecule has 1 N–H and O–H groups in total. The van der Waals surface area contributed by atoms with Crippen LogP contribution < -0.4 is 5.32 Å². The highest BCUT2D eigenvalue weighted by atomic mass is 32.2.